The Morgan fingerprint density at radius 1 is 1.31 bits per heavy atom. The average Bonchev–Trinajstić information content (AvgIpc) is 2.71. The summed E-state index contributed by atoms with van der Waals surface area (Å²) in [6.45, 7) is 0. The molecule has 0 aliphatic carbocycles. The number of aromatic nitrogens is 1. The Labute approximate surface area is 85.1 Å². The van der Waals surface area contributed by atoms with Crippen molar-refractivity contribution in [2.75, 3.05) is 5.73 Å². The normalized spacial score (nSPS) is 10.5. The SMILES string of the molecule is Nc1nc(CCc2cccs2)cs1. The van der Waals surface area contributed by atoms with Gasteiger partial charge in [0.2, 0.25) is 0 Å². The maximum Gasteiger partial charge on any atom is 0.180 e. The Bertz CT molecular complexity index is 365. The van der Waals surface area contributed by atoms with E-state index in [1.165, 1.54) is 16.2 Å². The predicted octanol–water partition coefficient (Wildman–Crippen LogP) is 2.57. The van der Waals surface area contributed by atoms with Gasteiger partial charge < -0.3 is 5.73 Å². The quantitative estimate of drug-likeness (QED) is 0.845. The number of aryl methyl sites for hydroxylation is 2. The summed E-state index contributed by atoms with van der Waals surface area (Å²) in [6, 6.07) is 4.23. The summed E-state index contributed by atoms with van der Waals surface area (Å²) in [4.78, 5) is 5.62. The molecule has 2 N–H and O–H groups in total. The van der Waals surface area contributed by atoms with Gasteiger partial charge in [0, 0.05) is 10.3 Å². The molecule has 0 saturated heterocycles. The molecule has 68 valence electrons. The highest BCUT2D eigenvalue weighted by molar-refractivity contribution is 7.13. The van der Waals surface area contributed by atoms with E-state index in [-0.39, 0.29) is 0 Å². The van der Waals surface area contributed by atoms with Crippen molar-refractivity contribution in [2.24, 2.45) is 0 Å². The third-order valence-corrected chi connectivity index (χ3v) is 3.44. The zero-order chi connectivity index (χ0) is 9.10. The Hall–Kier alpha value is -0.870. The first kappa shape index (κ1) is 8.72. The zero-order valence-corrected chi connectivity index (χ0v) is 8.70. The van der Waals surface area contributed by atoms with Crippen LogP contribution in [0.2, 0.25) is 0 Å². The molecule has 0 atom stereocenters. The smallest absolute Gasteiger partial charge is 0.180 e. The molecule has 0 aliphatic heterocycles. The van der Waals surface area contributed by atoms with Crippen LogP contribution in [-0.2, 0) is 12.8 Å². The van der Waals surface area contributed by atoms with Crippen molar-refractivity contribution < 1.29 is 0 Å². The minimum absolute atomic E-state index is 0.668. The van der Waals surface area contributed by atoms with Crippen molar-refractivity contribution in [1.82, 2.24) is 4.98 Å². The highest BCUT2D eigenvalue weighted by atomic mass is 32.1. The fourth-order valence-electron chi connectivity index (χ4n) is 1.14. The summed E-state index contributed by atoms with van der Waals surface area (Å²) >= 11 is 3.31. The molecule has 0 spiro atoms. The molecule has 4 heteroatoms. The summed E-state index contributed by atoms with van der Waals surface area (Å²) in [7, 11) is 0. The van der Waals surface area contributed by atoms with E-state index in [1.54, 1.807) is 11.3 Å². The molecule has 0 aromatic carbocycles. The van der Waals surface area contributed by atoms with E-state index in [1.807, 2.05) is 5.38 Å². The molecule has 0 aliphatic rings. The van der Waals surface area contributed by atoms with Gasteiger partial charge in [0.1, 0.15) is 0 Å². The van der Waals surface area contributed by atoms with Crippen LogP contribution in [0, 0.1) is 0 Å². The number of anilines is 1. The maximum atomic E-state index is 5.54. The molecule has 2 heterocycles. The van der Waals surface area contributed by atoms with Crippen molar-refractivity contribution in [3.05, 3.63) is 33.5 Å². The number of nitrogens with two attached hydrogens (primary N) is 1. The molecule has 2 nitrogen and oxygen atoms in total. The summed E-state index contributed by atoms with van der Waals surface area (Å²) in [5, 5.41) is 4.80. The summed E-state index contributed by atoms with van der Waals surface area (Å²) in [6.07, 6.45) is 2.06. The lowest BCUT2D eigenvalue weighted by Crippen LogP contribution is -1.90. The van der Waals surface area contributed by atoms with Crippen molar-refractivity contribution in [2.45, 2.75) is 12.8 Å². The standard InChI is InChI=1S/C9H10N2S2/c10-9-11-7(6-13-9)3-4-8-2-1-5-12-8/h1-2,5-6H,3-4H2,(H2,10,11). The van der Waals surface area contributed by atoms with Crippen LogP contribution in [0.15, 0.2) is 22.9 Å². The Morgan fingerprint density at radius 2 is 2.23 bits per heavy atom. The fraction of sp³-hybridized carbons (Fsp3) is 0.222. The largest absolute Gasteiger partial charge is 0.375 e. The van der Waals surface area contributed by atoms with E-state index in [0.717, 1.165) is 18.5 Å². The maximum absolute atomic E-state index is 5.54. The van der Waals surface area contributed by atoms with Gasteiger partial charge in [-0.15, -0.1) is 22.7 Å². The van der Waals surface area contributed by atoms with E-state index in [2.05, 4.69) is 22.5 Å². The Balaban J connectivity index is 1.93. The van der Waals surface area contributed by atoms with Gasteiger partial charge in [-0.2, -0.15) is 0 Å². The fourth-order valence-corrected chi connectivity index (χ4v) is 2.45. The highest BCUT2D eigenvalue weighted by Crippen LogP contribution is 2.15. The molecule has 2 aromatic rings. The van der Waals surface area contributed by atoms with Crippen LogP contribution < -0.4 is 5.73 Å². The molecule has 2 rings (SSSR count). The number of nitrogens with zero attached hydrogens (tertiary/aromatic N) is 1. The van der Waals surface area contributed by atoms with Crippen molar-refractivity contribution >= 4 is 27.8 Å². The van der Waals surface area contributed by atoms with E-state index in [4.69, 9.17) is 5.73 Å². The Kier molecular flexibility index (Phi) is 2.61. The number of rotatable bonds is 3. The average molecular weight is 210 g/mol. The van der Waals surface area contributed by atoms with E-state index >= 15 is 0 Å². The monoisotopic (exact) mass is 210 g/mol. The van der Waals surface area contributed by atoms with Gasteiger partial charge in [-0.05, 0) is 24.3 Å². The molecular weight excluding hydrogens is 200 g/mol. The van der Waals surface area contributed by atoms with Gasteiger partial charge in [0.05, 0.1) is 5.69 Å². The first-order chi connectivity index (χ1) is 6.34. The second-order valence-electron chi connectivity index (χ2n) is 2.76. The lowest BCUT2D eigenvalue weighted by molar-refractivity contribution is 0.944. The van der Waals surface area contributed by atoms with Gasteiger partial charge in [-0.1, -0.05) is 6.07 Å². The van der Waals surface area contributed by atoms with Gasteiger partial charge in [-0.3, -0.25) is 0 Å². The van der Waals surface area contributed by atoms with Crippen molar-refractivity contribution in [1.29, 1.82) is 0 Å². The van der Waals surface area contributed by atoms with Crippen LogP contribution in [0.3, 0.4) is 0 Å². The van der Waals surface area contributed by atoms with Crippen LogP contribution >= 0.6 is 22.7 Å². The van der Waals surface area contributed by atoms with Crippen molar-refractivity contribution in [3.63, 3.8) is 0 Å². The minimum Gasteiger partial charge on any atom is -0.375 e. The van der Waals surface area contributed by atoms with Crippen LogP contribution in [0.25, 0.3) is 0 Å². The Morgan fingerprint density at radius 3 is 2.85 bits per heavy atom. The third-order valence-electron chi connectivity index (χ3n) is 1.78. The van der Waals surface area contributed by atoms with Crippen LogP contribution in [0.4, 0.5) is 5.13 Å². The molecule has 0 fully saturated rings. The molecular formula is C9H10N2S2. The summed E-state index contributed by atoms with van der Waals surface area (Å²) in [5.74, 6) is 0. The lowest BCUT2D eigenvalue weighted by atomic mass is 10.2. The summed E-state index contributed by atoms with van der Waals surface area (Å²) in [5.41, 5.74) is 6.64. The number of thiophene rings is 1. The number of hydrogen-bond acceptors (Lipinski definition) is 4. The molecule has 0 amide bonds. The molecule has 0 radical (unpaired) electrons. The van der Waals surface area contributed by atoms with E-state index in [0.29, 0.717) is 5.13 Å². The second kappa shape index (κ2) is 3.89. The molecule has 13 heavy (non-hydrogen) atoms. The number of thiazole rings is 1. The van der Waals surface area contributed by atoms with E-state index < -0.39 is 0 Å². The minimum atomic E-state index is 0.668. The molecule has 2 aromatic heterocycles. The van der Waals surface area contributed by atoms with Crippen LogP contribution in [-0.4, -0.2) is 4.98 Å². The highest BCUT2D eigenvalue weighted by Gasteiger charge is 1.99. The third kappa shape index (κ3) is 2.29. The van der Waals surface area contributed by atoms with Gasteiger partial charge in [-0.25, -0.2) is 4.98 Å². The second-order valence-corrected chi connectivity index (χ2v) is 4.68. The number of hydrogen-bond donors (Lipinski definition) is 1. The van der Waals surface area contributed by atoms with Gasteiger partial charge in [0.25, 0.3) is 0 Å². The number of nitrogen functional groups attached to an aromatic ring is 1. The van der Waals surface area contributed by atoms with Crippen LogP contribution in [0.5, 0.6) is 0 Å². The lowest BCUT2D eigenvalue weighted by Gasteiger charge is -1.92. The van der Waals surface area contributed by atoms with Crippen LogP contribution in [0.1, 0.15) is 10.6 Å². The molecule has 0 bridgehead atoms. The van der Waals surface area contributed by atoms with E-state index in [9.17, 15) is 0 Å². The first-order valence-electron chi connectivity index (χ1n) is 4.07. The van der Waals surface area contributed by atoms with Gasteiger partial charge in [0.15, 0.2) is 5.13 Å². The summed E-state index contributed by atoms with van der Waals surface area (Å²) < 4.78 is 0. The predicted molar refractivity (Wildman–Crippen MR) is 58.3 cm³/mol. The molecule has 0 saturated carbocycles. The topological polar surface area (TPSA) is 38.9 Å². The van der Waals surface area contributed by atoms with Gasteiger partial charge >= 0.3 is 0 Å². The zero-order valence-electron chi connectivity index (χ0n) is 7.06. The molecule has 0 unspecified atom stereocenters. The van der Waals surface area contributed by atoms with Crippen molar-refractivity contribution in [3.8, 4) is 0 Å². The first-order valence-corrected chi connectivity index (χ1v) is 5.83.